The Bertz CT molecular complexity index is 737. The zero-order valence-corrected chi connectivity index (χ0v) is 13.9. The molecule has 1 heterocycles. The van der Waals surface area contributed by atoms with E-state index in [4.69, 9.17) is 10.00 Å². The predicted octanol–water partition coefficient (Wildman–Crippen LogP) is 3.84. The van der Waals surface area contributed by atoms with Crippen LogP contribution in [0.15, 0.2) is 30.3 Å². The van der Waals surface area contributed by atoms with E-state index in [2.05, 4.69) is 23.7 Å². The molecule has 0 bridgehead atoms. The van der Waals surface area contributed by atoms with Crippen molar-refractivity contribution < 1.29 is 9.53 Å². The van der Waals surface area contributed by atoms with Crippen LogP contribution in [-0.4, -0.2) is 17.1 Å². The predicted molar refractivity (Wildman–Crippen MR) is 89.8 cm³/mol. The minimum absolute atomic E-state index is 0.00684. The van der Waals surface area contributed by atoms with Gasteiger partial charge in [-0.2, -0.15) is 5.26 Å². The number of nitriles is 1. The van der Waals surface area contributed by atoms with Gasteiger partial charge in [-0.1, -0.05) is 0 Å². The molecule has 0 fully saturated rings. The number of ether oxygens (including phenoxy) is 1. The molecule has 1 aromatic heterocycles. The zero-order chi connectivity index (χ0) is 17.0. The third-order valence-electron chi connectivity index (χ3n) is 3.66. The summed E-state index contributed by atoms with van der Waals surface area (Å²) in [5.41, 5.74) is 3.40. The van der Waals surface area contributed by atoms with E-state index in [0.29, 0.717) is 23.0 Å². The molecule has 0 aliphatic carbocycles. The third-order valence-corrected chi connectivity index (χ3v) is 3.66. The third kappa shape index (κ3) is 3.72. The smallest absolute Gasteiger partial charge is 0.257 e. The minimum Gasteiger partial charge on any atom is -0.479 e. The van der Waals surface area contributed by atoms with Crippen LogP contribution >= 0.6 is 0 Å². The summed E-state index contributed by atoms with van der Waals surface area (Å²) in [4.78, 5) is 12.5. The molecule has 120 valence electrons. The van der Waals surface area contributed by atoms with Gasteiger partial charge in [-0.05, 0) is 58.0 Å². The summed E-state index contributed by atoms with van der Waals surface area (Å²) in [6.07, 6.45) is 0. The topological polar surface area (TPSA) is 67.0 Å². The van der Waals surface area contributed by atoms with Crippen LogP contribution in [0.25, 0.3) is 0 Å². The van der Waals surface area contributed by atoms with E-state index >= 15 is 0 Å². The van der Waals surface area contributed by atoms with E-state index in [-0.39, 0.29) is 12.5 Å². The number of aromatic nitrogens is 1. The molecule has 1 N–H and O–H groups in total. The average Bonchev–Trinajstić information content (AvgIpc) is 2.81. The van der Waals surface area contributed by atoms with Crippen molar-refractivity contribution >= 4 is 11.6 Å². The van der Waals surface area contributed by atoms with E-state index in [1.54, 1.807) is 24.3 Å². The summed E-state index contributed by atoms with van der Waals surface area (Å²) in [5, 5.41) is 11.4. The fourth-order valence-electron chi connectivity index (χ4n) is 2.75. The van der Waals surface area contributed by atoms with Crippen molar-refractivity contribution in [2.24, 2.45) is 0 Å². The Morgan fingerprint density at radius 2 is 1.96 bits per heavy atom. The Labute approximate surface area is 136 Å². The average molecular weight is 311 g/mol. The Kier molecular flexibility index (Phi) is 5.07. The van der Waals surface area contributed by atoms with Gasteiger partial charge in [0.2, 0.25) is 0 Å². The van der Waals surface area contributed by atoms with Crippen molar-refractivity contribution in [2.45, 2.75) is 33.7 Å². The van der Waals surface area contributed by atoms with Gasteiger partial charge in [0.1, 0.15) is 11.8 Å². The van der Waals surface area contributed by atoms with Crippen molar-refractivity contribution in [3.8, 4) is 11.8 Å². The van der Waals surface area contributed by atoms with Gasteiger partial charge >= 0.3 is 0 Å². The largest absolute Gasteiger partial charge is 0.479 e. The minimum atomic E-state index is -0.129. The summed E-state index contributed by atoms with van der Waals surface area (Å²) < 4.78 is 7.33. The fraction of sp³-hybridized carbons (Fsp3) is 0.333. The lowest BCUT2D eigenvalue weighted by molar-refractivity contribution is 0.102. The van der Waals surface area contributed by atoms with E-state index in [9.17, 15) is 4.79 Å². The molecule has 0 saturated heterocycles. The Morgan fingerprint density at radius 3 is 2.48 bits per heavy atom. The molecule has 0 saturated carbocycles. The summed E-state index contributed by atoms with van der Waals surface area (Å²) in [5.74, 6) is 0.471. The maximum Gasteiger partial charge on any atom is 0.257 e. The van der Waals surface area contributed by atoms with Crippen molar-refractivity contribution in [1.29, 1.82) is 5.26 Å². The van der Waals surface area contributed by atoms with Crippen LogP contribution in [-0.2, 0) is 0 Å². The summed E-state index contributed by atoms with van der Waals surface area (Å²) in [6.45, 7) is 8.17. The number of nitrogens with one attached hydrogen (secondary N) is 1. The first-order valence-electron chi connectivity index (χ1n) is 7.53. The van der Waals surface area contributed by atoms with Crippen LogP contribution in [0.3, 0.4) is 0 Å². The number of hydrogen-bond donors (Lipinski definition) is 1. The van der Waals surface area contributed by atoms with Crippen molar-refractivity contribution in [2.75, 3.05) is 11.9 Å². The molecule has 0 aliphatic heterocycles. The highest BCUT2D eigenvalue weighted by atomic mass is 16.5. The number of rotatable bonds is 5. The van der Waals surface area contributed by atoms with Crippen LogP contribution in [0.5, 0.6) is 5.75 Å². The Morgan fingerprint density at radius 1 is 1.30 bits per heavy atom. The van der Waals surface area contributed by atoms with Gasteiger partial charge in [-0.3, -0.25) is 4.79 Å². The van der Waals surface area contributed by atoms with Crippen LogP contribution in [0.4, 0.5) is 5.69 Å². The van der Waals surface area contributed by atoms with E-state index in [1.165, 1.54) is 0 Å². The zero-order valence-electron chi connectivity index (χ0n) is 13.9. The molecular weight excluding hydrogens is 290 g/mol. The molecule has 0 aliphatic rings. The van der Waals surface area contributed by atoms with Crippen LogP contribution < -0.4 is 10.1 Å². The van der Waals surface area contributed by atoms with Gasteiger partial charge in [0, 0.05) is 23.1 Å². The van der Waals surface area contributed by atoms with Crippen molar-refractivity contribution in [3.63, 3.8) is 0 Å². The standard InChI is InChI=1S/C18H21N3O2/c1-12(2)21-13(3)11-17(14(21)4)18(22)20-15-5-7-16(8-6-15)23-10-9-19/h5-8,11-12H,10H2,1-4H3,(H,20,22). The van der Waals surface area contributed by atoms with Crippen molar-refractivity contribution in [3.05, 3.63) is 47.3 Å². The molecule has 1 aromatic carbocycles. The van der Waals surface area contributed by atoms with E-state index in [1.807, 2.05) is 26.0 Å². The lowest BCUT2D eigenvalue weighted by Gasteiger charge is -2.13. The number of aryl methyl sites for hydroxylation is 1. The number of carbonyl (C=O) groups excluding carboxylic acids is 1. The van der Waals surface area contributed by atoms with Gasteiger partial charge < -0.3 is 14.6 Å². The number of carbonyl (C=O) groups is 1. The second-order valence-electron chi connectivity index (χ2n) is 5.67. The summed E-state index contributed by atoms with van der Waals surface area (Å²) >= 11 is 0. The first kappa shape index (κ1) is 16.6. The van der Waals surface area contributed by atoms with Gasteiger partial charge in [-0.15, -0.1) is 0 Å². The highest BCUT2D eigenvalue weighted by molar-refractivity contribution is 6.05. The van der Waals surface area contributed by atoms with Gasteiger partial charge in [0.25, 0.3) is 5.91 Å². The van der Waals surface area contributed by atoms with Gasteiger partial charge in [0.05, 0.1) is 5.56 Å². The van der Waals surface area contributed by atoms with E-state index in [0.717, 1.165) is 11.4 Å². The number of hydrogen-bond acceptors (Lipinski definition) is 3. The number of anilines is 1. The summed E-state index contributed by atoms with van der Waals surface area (Å²) in [6, 6.07) is 11.1. The highest BCUT2D eigenvalue weighted by Gasteiger charge is 2.17. The second-order valence-corrected chi connectivity index (χ2v) is 5.67. The highest BCUT2D eigenvalue weighted by Crippen LogP contribution is 2.22. The number of benzene rings is 1. The molecular formula is C18H21N3O2. The van der Waals surface area contributed by atoms with Crippen molar-refractivity contribution in [1.82, 2.24) is 4.57 Å². The monoisotopic (exact) mass is 311 g/mol. The number of nitrogens with zero attached hydrogens (tertiary/aromatic N) is 2. The van der Waals surface area contributed by atoms with E-state index < -0.39 is 0 Å². The quantitative estimate of drug-likeness (QED) is 0.912. The lowest BCUT2D eigenvalue weighted by Crippen LogP contribution is -2.13. The molecule has 2 rings (SSSR count). The molecule has 5 nitrogen and oxygen atoms in total. The van der Waals surface area contributed by atoms with Crippen LogP contribution in [0.1, 0.15) is 41.6 Å². The maximum absolute atomic E-state index is 12.5. The molecule has 1 amide bonds. The molecule has 0 spiro atoms. The maximum atomic E-state index is 12.5. The lowest BCUT2D eigenvalue weighted by atomic mass is 10.2. The SMILES string of the molecule is Cc1cc(C(=O)Nc2ccc(OCC#N)cc2)c(C)n1C(C)C. The first-order chi connectivity index (χ1) is 10.9. The molecule has 5 heteroatoms. The van der Waals surface area contributed by atoms with Crippen LogP contribution in [0.2, 0.25) is 0 Å². The summed E-state index contributed by atoms with van der Waals surface area (Å²) in [7, 11) is 0. The Hall–Kier alpha value is -2.74. The van der Waals surface area contributed by atoms with Gasteiger partial charge in [-0.25, -0.2) is 0 Å². The fourth-order valence-corrected chi connectivity index (χ4v) is 2.75. The second kappa shape index (κ2) is 7.01. The normalized spacial score (nSPS) is 10.4. The molecule has 0 unspecified atom stereocenters. The molecule has 0 radical (unpaired) electrons. The molecule has 0 atom stereocenters. The molecule has 23 heavy (non-hydrogen) atoms. The molecule has 2 aromatic rings. The first-order valence-corrected chi connectivity index (χ1v) is 7.53. The number of amides is 1. The van der Waals surface area contributed by atoms with Gasteiger partial charge in [0.15, 0.2) is 6.61 Å². The van der Waals surface area contributed by atoms with Crippen LogP contribution in [0, 0.1) is 25.2 Å². The Balaban J connectivity index is 2.13.